The summed E-state index contributed by atoms with van der Waals surface area (Å²) >= 11 is 0. The van der Waals surface area contributed by atoms with Gasteiger partial charge in [-0.05, 0) is 42.8 Å². The number of benzene rings is 2. The van der Waals surface area contributed by atoms with Crippen molar-refractivity contribution < 1.29 is 26.4 Å². The van der Waals surface area contributed by atoms with Crippen LogP contribution in [0.15, 0.2) is 73.1 Å². The molecule has 0 bridgehead atoms. The molecule has 0 aliphatic heterocycles. The molecule has 4 aromatic rings. The maximum absolute atomic E-state index is 13.0. The molecular weight excluding hydrogens is 515 g/mol. The monoisotopic (exact) mass is 540 g/mol. The lowest BCUT2D eigenvalue weighted by Crippen LogP contribution is -2.23. The van der Waals surface area contributed by atoms with Gasteiger partial charge in [-0.1, -0.05) is 28.2 Å². The molecule has 0 radical (unpaired) electrons. The number of hydrogen-bond donors (Lipinski definition) is 3. The lowest BCUT2D eigenvalue weighted by Gasteiger charge is -2.12. The number of aliphatic hydroxyl groups is 1. The van der Waals surface area contributed by atoms with E-state index in [0.717, 1.165) is 5.56 Å². The van der Waals surface area contributed by atoms with Crippen LogP contribution in [-0.4, -0.2) is 45.8 Å². The van der Waals surface area contributed by atoms with Crippen LogP contribution < -0.4 is 14.8 Å². The Hall–Kier alpha value is -4.36. The standard InChI is InChI=1S/C25H25FN6O5S/c26-38(35,36)37-22-8-2-1-5-20(22)16-29-25(34)19-6-3-7-21(15-19)28-17-23-30-31-24(32(23)13-4-14-33)18-9-11-27-12-10-18/h1-3,5-12,15,28,33H,4,13-14,16-17H2,(H,29,34). The first-order valence-electron chi connectivity index (χ1n) is 11.6. The quantitative estimate of drug-likeness (QED) is 0.231. The van der Waals surface area contributed by atoms with E-state index in [1.807, 2.05) is 16.7 Å². The van der Waals surface area contributed by atoms with Crippen LogP contribution in [0.5, 0.6) is 5.75 Å². The SMILES string of the molecule is O=C(NCc1ccccc1OS(=O)(=O)F)c1cccc(NCc2nnc(-c3ccncc3)n2CCCO)c1. The van der Waals surface area contributed by atoms with Gasteiger partial charge in [-0.25, -0.2) is 0 Å². The fraction of sp³-hybridized carbons (Fsp3) is 0.200. The minimum Gasteiger partial charge on any atom is -0.396 e. The van der Waals surface area contributed by atoms with Crippen molar-refractivity contribution in [3.05, 3.63) is 90.0 Å². The van der Waals surface area contributed by atoms with Crippen LogP contribution in [0.25, 0.3) is 11.4 Å². The first-order chi connectivity index (χ1) is 18.3. The third-order valence-electron chi connectivity index (χ3n) is 5.48. The smallest absolute Gasteiger partial charge is 0.396 e. The van der Waals surface area contributed by atoms with Crippen molar-refractivity contribution in [1.29, 1.82) is 0 Å². The zero-order chi connectivity index (χ0) is 27.0. The third kappa shape index (κ3) is 7.11. The average molecular weight is 541 g/mol. The number of anilines is 1. The van der Waals surface area contributed by atoms with Crippen LogP contribution in [0, 0.1) is 0 Å². The van der Waals surface area contributed by atoms with E-state index in [1.54, 1.807) is 42.7 Å². The van der Waals surface area contributed by atoms with E-state index in [-0.39, 0.29) is 18.9 Å². The number of aromatic nitrogens is 4. The molecule has 11 nitrogen and oxygen atoms in total. The van der Waals surface area contributed by atoms with Crippen LogP contribution in [0.4, 0.5) is 9.57 Å². The van der Waals surface area contributed by atoms with E-state index in [4.69, 9.17) is 0 Å². The summed E-state index contributed by atoms with van der Waals surface area (Å²) in [6.45, 7) is 0.790. The molecule has 38 heavy (non-hydrogen) atoms. The largest absolute Gasteiger partial charge is 0.488 e. The second-order valence-corrected chi connectivity index (χ2v) is 9.06. The van der Waals surface area contributed by atoms with E-state index in [2.05, 4.69) is 30.0 Å². The Kier molecular flexibility index (Phi) is 8.61. The molecule has 0 aliphatic carbocycles. The second-order valence-electron chi connectivity index (χ2n) is 8.11. The molecular formula is C25H25FN6O5S. The maximum Gasteiger partial charge on any atom is 0.488 e. The number of rotatable bonds is 12. The Balaban J connectivity index is 1.43. The Bertz CT molecular complexity index is 1500. The molecule has 4 rings (SSSR count). The Morgan fingerprint density at radius 2 is 1.82 bits per heavy atom. The Morgan fingerprint density at radius 1 is 1.03 bits per heavy atom. The minimum atomic E-state index is -5.20. The zero-order valence-electron chi connectivity index (χ0n) is 20.1. The van der Waals surface area contributed by atoms with Crippen molar-refractivity contribution in [2.75, 3.05) is 11.9 Å². The highest BCUT2D eigenvalue weighted by atomic mass is 32.3. The average Bonchev–Trinajstić information content (AvgIpc) is 3.32. The summed E-state index contributed by atoms with van der Waals surface area (Å²) in [5.41, 5.74) is 2.16. The summed E-state index contributed by atoms with van der Waals surface area (Å²) in [5, 5.41) is 23.8. The van der Waals surface area contributed by atoms with Gasteiger partial charge in [-0.3, -0.25) is 9.78 Å². The molecule has 0 fully saturated rings. The molecule has 1 amide bonds. The minimum absolute atomic E-state index is 0.0260. The normalized spacial score (nSPS) is 11.2. The zero-order valence-corrected chi connectivity index (χ0v) is 20.9. The van der Waals surface area contributed by atoms with Gasteiger partial charge in [0.15, 0.2) is 11.6 Å². The van der Waals surface area contributed by atoms with E-state index >= 15 is 0 Å². The fourth-order valence-electron chi connectivity index (χ4n) is 3.71. The molecule has 0 atom stereocenters. The number of para-hydroxylation sites is 1. The Labute approximate surface area is 218 Å². The highest BCUT2D eigenvalue weighted by molar-refractivity contribution is 7.81. The number of pyridine rings is 1. The highest BCUT2D eigenvalue weighted by Gasteiger charge is 2.16. The molecule has 0 aliphatic rings. The molecule has 2 aromatic heterocycles. The van der Waals surface area contributed by atoms with Crippen LogP contribution in [-0.2, 0) is 30.1 Å². The van der Waals surface area contributed by atoms with E-state index in [0.29, 0.717) is 48.0 Å². The molecule has 0 spiro atoms. The summed E-state index contributed by atoms with van der Waals surface area (Å²) in [4.78, 5) is 16.8. The van der Waals surface area contributed by atoms with Gasteiger partial charge < -0.3 is 24.5 Å². The lowest BCUT2D eigenvalue weighted by molar-refractivity contribution is 0.0951. The number of amides is 1. The van der Waals surface area contributed by atoms with Crippen molar-refractivity contribution in [1.82, 2.24) is 25.1 Å². The number of aliphatic hydroxyl groups excluding tert-OH is 1. The van der Waals surface area contributed by atoms with Gasteiger partial charge in [0.2, 0.25) is 0 Å². The van der Waals surface area contributed by atoms with Crippen LogP contribution in [0.1, 0.15) is 28.2 Å². The highest BCUT2D eigenvalue weighted by Crippen LogP contribution is 2.21. The summed E-state index contributed by atoms with van der Waals surface area (Å²) in [6.07, 6.45) is 3.87. The topological polar surface area (TPSA) is 148 Å². The third-order valence-corrected chi connectivity index (χ3v) is 5.86. The van der Waals surface area contributed by atoms with Crippen LogP contribution in [0.2, 0.25) is 0 Å². The molecule has 0 unspecified atom stereocenters. The summed E-state index contributed by atoms with van der Waals surface area (Å²) in [7, 11) is -5.20. The summed E-state index contributed by atoms with van der Waals surface area (Å²) in [5.74, 6) is 0.690. The van der Waals surface area contributed by atoms with Gasteiger partial charge in [-0.15, -0.1) is 10.2 Å². The van der Waals surface area contributed by atoms with Crippen molar-refractivity contribution in [3.63, 3.8) is 0 Å². The van der Waals surface area contributed by atoms with Crippen molar-refractivity contribution >= 4 is 22.1 Å². The molecule has 0 saturated heterocycles. The van der Waals surface area contributed by atoms with Gasteiger partial charge in [0.25, 0.3) is 5.91 Å². The van der Waals surface area contributed by atoms with Crippen LogP contribution >= 0.6 is 0 Å². The number of nitrogens with zero attached hydrogens (tertiary/aromatic N) is 4. The van der Waals surface area contributed by atoms with E-state index in [1.165, 1.54) is 18.2 Å². The van der Waals surface area contributed by atoms with Gasteiger partial charge >= 0.3 is 10.5 Å². The Morgan fingerprint density at radius 3 is 2.58 bits per heavy atom. The molecule has 13 heteroatoms. The molecule has 3 N–H and O–H groups in total. The van der Waals surface area contributed by atoms with Crippen molar-refractivity contribution in [3.8, 4) is 17.1 Å². The molecule has 2 heterocycles. The lowest BCUT2D eigenvalue weighted by atomic mass is 10.1. The molecule has 0 saturated carbocycles. The number of nitrogens with one attached hydrogen (secondary N) is 2. The number of halogens is 1. The second kappa shape index (κ2) is 12.3. The van der Waals surface area contributed by atoms with E-state index < -0.39 is 16.4 Å². The maximum atomic E-state index is 13.0. The predicted molar refractivity (Wildman–Crippen MR) is 137 cm³/mol. The molecule has 198 valence electrons. The number of carbonyl (C=O) groups excluding carboxylic acids is 1. The van der Waals surface area contributed by atoms with Gasteiger partial charge in [0.05, 0.1) is 6.54 Å². The summed E-state index contributed by atoms with van der Waals surface area (Å²) < 4.78 is 40.9. The van der Waals surface area contributed by atoms with Crippen molar-refractivity contribution in [2.45, 2.75) is 26.1 Å². The summed E-state index contributed by atoms with van der Waals surface area (Å²) in [6, 6.07) is 16.4. The van der Waals surface area contributed by atoms with Gasteiger partial charge in [-0.2, -0.15) is 8.42 Å². The number of hydrogen-bond acceptors (Lipinski definition) is 9. The van der Waals surface area contributed by atoms with Crippen molar-refractivity contribution in [2.24, 2.45) is 0 Å². The number of carbonyl (C=O) groups is 1. The van der Waals surface area contributed by atoms with Gasteiger partial charge in [0.1, 0.15) is 5.75 Å². The fourth-order valence-corrected chi connectivity index (χ4v) is 4.09. The van der Waals surface area contributed by atoms with Gasteiger partial charge in [0, 0.05) is 54.5 Å². The first kappa shape index (κ1) is 26.7. The predicted octanol–water partition coefficient (Wildman–Crippen LogP) is 2.86. The van der Waals surface area contributed by atoms with Crippen LogP contribution in [0.3, 0.4) is 0 Å². The molecule has 2 aromatic carbocycles. The first-order valence-corrected chi connectivity index (χ1v) is 12.9. The van der Waals surface area contributed by atoms with E-state index in [9.17, 15) is 22.2 Å².